The Morgan fingerprint density at radius 1 is 0.524 bits per heavy atom. The SMILES string of the molecule is C1=CCCC(c2ccccc2)=C(c2ccccc2)CC1.[Pt]. The van der Waals surface area contributed by atoms with Gasteiger partial charge in [0.15, 0.2) is 0 Å². The number of rotatable bonds is 2. The van der Waals surface area contributed by atoms with Crippen LogP contribution in [0.2, 0.25) is 0 Å². The van der Waals surface area contributed by atoms with Crippen LogP contribution in [-0.4, -0.2) is 0 Å². The van der Waals surface area contributed by atoms with E-state index in [0.29, 0.717) is 0 Å². The Morgan fingerprint density at radius 2 is 0.905 bits per heavy atom. The Balaban J connectivity index is 0.00000161. The Morgan fingerprint density at radius 3 is 1.29 bits per heavy atom. The third-order valence-electron chi connectivity index (χ3n) is 3.90. The van der Waals surface area contributed by atoms with Crippen LogP contribution >= 0.6 is 0 Å². The molecule has 2 aromatic carbocycles. The summed E-state index contributed by atoms with van der Waals surface area (Å²) < 4.78 is 0. The van der Waals surface area contributed by atoms with Crippen molar-refractivity contribution in [3.05, 3.63) is 83.9 Å². The van der Waals surface area contributed by atoms with Gasteiger partial charge in [-0.3, -0.25) is 0 Å². The van der Waals surface area contributed by atoms with Crippen LogP contribution < -0.4 is 0 Å². The molecule has 0 nitrogen and oxygen atoms in total. The van der Waals surface area contributed by atoms with Gasteiger partial charge in [-0.25, -0.2) is 0 Å². The van der Waals surface area contributed by atoms with E-state index in [2.05, 4.69) is 72.8 Å². The van der Waals surface area contributed by atoms with Crippen molar-refractivity contribution in [2.24, 2.45) is 0 Å². The summed E-state index contributed by atoms with van der Waals surface area (Å²) in [7, 11) is 0. The summed E-state index contributed by atoms with van der Waals surface area (Å²) >= 11 is 0. The first-order valence-corrected chi connectivity index (χ1v) is 7.43. The molecule has 0 spiro atoms. The molecule has 0 fully saturated rings. The van der Waals surface area contributed by atoms with Gasteiger partial charge in [0.25, 0.3) is 0 Å². The van der Waals surface area contributed by atoms with Crippen LogP contribution in [0.3, 0.4) is 0 Å². The van der Waals surface area contributed by atoms with Crippen LogP contribution in [0.15, 0.2) is 72.8 Å². The zero-order valence-electron chi connectivity index (χ0n) is 12.1. The number of hydrogen-bond acceptors (Lipinski definition) is 0. The summed E-state index contributed by atoms with van der Waals surface area (Å²) in [6.45, 7) is 0. The van der Waals surface area contributed by atoms with Crippen LogP contribution in [0.5, 0.6) is 0 Å². The Bertz CT molecular complexity index is 553. The minimum Gasteiger partial charge on any atom is -0.0882 e. The van der Waals surface area contributed by atoms with Gasteiger partial charge >= 0.3 is 0 Å². The molecular weight excluding hydrogens is 435 g/mol. The normalized spacial score (nSPS) is 15.0. The molecule has 0 N–H and O–H groups in total. The molecule has 0 bridgehead atoms. The van der Waals surface area contributed by atoms with Gasteiger partial charge in [-0.1, -0.05) is 72.8 Å². The number of hydrogen-bond donors (Lipinski definition) is 0. The van der Waals surface area contributed by atoms with E-state index in [9.17, 15) is 0 Å². The molecule has 0 saturated carbocycles. The maximum absolute atomic E-state index is 2.32. The van der Waals surface area contributed by atoms with Crippen molar-refractivity contribution in [3.8, 4) is 0 Å². The van der Waals surface area contributed by atoms with Crippen LogP contribution in [0.4, 0.5) is 0 Å². The quantitative estimate of drug-likeness (QED) is 0.508. The van der Waals surface area contributed by atoms with Gasteiger partial charge < -0.3 is 0 Å². The molecule has 0 radical (unpaired) electrons. The second kappa shape index (κ2) is 8.15. The Labute approximate surface area is 141 Å². The molecular formula is C20H20Pt. The average molecular weight is 455 g/mol. The fourth-order valence-electron chi connectivity index (χ4n) is 2.91. The number of allylic oxidation sites excluding steroid dienone is 4. The van der Waals surface area contributed by atoms with Crippen molar-refractivity contribution in [3.63, 3.8) is 0 Å². The molecule has 0 aliphatic heterocycles. The van der Waals surface area contributed by atoms with E-state index in [0.717, 1.165) is 25.7 Å². The molecule has 0 amide bonds. The monoisotopic (exact) mass is 455 g/mol. The molecule has 0 saturated heterocycles. The summed E-state index contributed by atoms with van der Waals surface area (Å²) in [5, 5.41) is 0. The molecule has 0 atom stereocenters. The van der Waals surface area contributed by atoms with E-state index in [1.165, 1.54) is 22.3 Å². The van der Waals surface area contributed by atoms with Gasteiger partial charge in [0.1, 0.15) is 0 Å². The summed E-state index contributed by atoms with van der Waals surface area (Å²) in [5.74, 6) is 0. The van der Waals surface area contributed by atoms with Gasteiger partial charge in [0, 0.05) is 21.1 Å². The molecule has 21 heavy (non-hydrogen) atoms. The van der Waals surface area contributed by atoms with E-state index in [1.807, 2.05) is 0 Å². The smallest absolute Gasteiger partial charge is 0 e. The third kappa shape index (κ3) is 4.05. The Hall–Kier alpha value is -1.39. The molecule has 110 valence electrons. The van der Waals surface area contributed by atoms with Gasteiger partial charge in [0.2, 0.25) is 0 Å². The van der Waals surface area contributed by atoms with Crippen LogP contribution in [-0.2, 0) is 21.1 Å². The van der Waals surface area contributed by atoms with Crippen molar-refractivity contribution in [2.75, 3.05) is 0 Å². The largest absolute Gasteiger partial charge is 0.0882 e. The van der Waals surface area contributed by atoms with Crippen molar-refractivity contribution in [2.45, 2.75) is 25.7 Å². The fraction of sp³-hybridized carbons (Fsp3) is 0.200. The van der Waals surface area contributed by atoms with E-state index in [1.54, 1.807) is 0 Å². The predicted octanol–water partition coefficient (Wildman–Crippen LogP) is 5.73. The van der Waals surface area contributed by atoms with E-state index >= 15 is 0 Å². The average Bonchev–Trinajstić information content (AvgIpc) is 2.49. The van der Waals surface area contributed by atoms with Crippen molar-refractivity contribution in [1.82, 2.24) is 0 Å². The van der Waals surface area contributed by atoms with E-state index in [-0.39, 0.29) is 21.1 Å². The predicted molar refractivity (Wildman–Crippen MR) is 87.3 cm³/mol. The molecule has 0 aromatic heterocycles. The summed E-state index contributed by atoms with van der Waals surface area (Å²) in [5.41, 5.74) is 5.78. The molecule has 1 aliphatic rings. The number of benzene rings is 2. The van der Waals surface area contributed by atoms with Crippen molar-refractivity contribution >= 4 is 11.1 Å². The first kappa shape index (κ1) is 16.0. The van der Waals surface area contributed by atoms with Crippen LogP contribution in [0.25, 0.3) is 11.1 Å². The Kier molecular flexibility index (Phi) is 6.20. The fourth-order valence-corrected chi connectivity index (χ4v) is 2.91. The van der Waals surface area contributed by atoms with E-state index in [4.69, 9.17) is 0 Å². The summed E-state index contributed by atoms with van der Waals surface area (Å²) in [6, 6.07) is 21.7. The minimum atomic E-state index is 0. The van der Waals surface area contributed by atoms with Crippen LogP contribution in [0, 0.1) is 0 Å². The van der Waals surface area contributed by atoms with Gasteiger partial charge in [-0.15, -0.1) is 0 Å². The third-order valence-corrected chi connectivity index (χ3v) is 3.90. The van der Waals surface area contributed by atoms with Gasteiger partial charge in [-0.05, 0) is 48.0 Å². The minimum absolute atomic E-state index is 0. The second-order valence-corrected chi connectivity index (χ2v) is 5.24. The van der Waals surface area contributed by atoms with Crippen LogP contribution in [0.1, 0.15) is 36.8 Å². The molecule has 1 heteroatoms. The second-order valence-electron chi connectivity index (χ2n) is 5.24. The first-order valence-electron chi connectivity index (χ1n) is 7.43. The van der Waals surface area contributed by atoms with Gasteiger partial charge in [0.05, 0.1) is 0 Å². The molecule has 0 heterocycles. The zero-order chi connectivity index (χ0) is 13.6. The first-order chi connectivity index (χ1) is 9.95. The van der Waals surface area contributed by atoms with Gasteiger partial charge in [-0.2, -0.15) is 0 Å². The maximum Gasteiger partial charge on any atom is 0 e. The standard InChI is InChI=1S/C20H20.Pt/c1-2-10-16-20(18-13-7-4-8-14-18)19(15-9-1)17-11-5-3-6-12-17;/h1-8,11-14H,9-10,15-16H2;. The van der Waals surface area contributed by atoms with E-state index < -0.39 is 0 Å². The van der Waals surface area contributed by atoms with Crippen molar-refractivity contribution in [1.29, 1.82) is 0 Å². The molecule has 1 aliphatic carbocycles. The molecule has 2 aromatic rings. The summed E-state index contributed by atoms with van der Waals surface area (Å²) in [6.07, 6.45) is 9.19. The molecule has 0 unspecified atom stereocenters. The molecule has 3 rings (SSSR count). The summed E-state index contributed by atoms with van der Waals surface area (Å²) in [4.78, 5) is 0. The topological polar surface area (TPSA) is 0 Å². The van der Waals surface area contributed by atoms with Crippen molar-refractivity contribution < 1.29 is 21.1 Å². The maximum atomic E-state index is 2.32. The zero-order valence-corrected chi connectivity index (χ0v) is 14.3.